The fourth-order valence-electron chi connectivity index (χ4n) is 3.91. The lowest BCUT2D eigenvalue weighted by atomic mass is 10.2. The molecule has 9 heteroatoms. The minimum atomic E-state index is -0.477. The molecule has 0 aliphatic carbocycles. The smallest absolute Gasteiger partial charge is 0.319 e. The molecule has 3 heterocycles. The molecule has 0 saturated carbocycles. The summed E-state index contributed by atoms with van der Waals surface area (Å²) in [6.07, 6.45) is 0.522. The van der Waals surface area contributed by atoms with Crippen LogP contribution < -0.4 is 11.1 Å². The van der Waals surface area contributed by atoms with Crippen molar-refractivity contribution in [3.8, 4) is 11.4 Å². The lowest BCUT2D eigenvalue weighted by Crippen LogP contribution is -2.29. The number of aromatic nitrogens is 4. The molecule has 5 rings (SSSR count). The summed E-state index contributed by atoms with van der Waals surface area (Å²) in [5.74, 6) is -0.338. The fourth-order valence-corrected chi connectivity index (χ4v) is 4.98. The van der Waals surface area contributed by atoms with Crippen LogP contribution in [0, 0.1) is 6.92 Å². The van der Waals surface area contributed by atoms with Crippen molar-refractivity contribution in [3.63, 3.8) is 0 Å². The summed E-state index contributed by atoms with van der Waals surface area (Å²) in [5, 5.41) is 0.220. The minimum absolute atomic E-state index is 0.216. The van der Waals surface area contributed by atoms with E-state index in [1.165, 1.54) is 9.25 Å². The largest absolute Gasteiger partial charge is 0.465 e. The Bertz CT molecular complexity index is 1470. The molecule has 2 aromatic heterocycles. The van der Waals surface area contributed by atoms with Crippen LogP contribution in [-0.2, 0) is 16.6 Å². The molecule has 1 atom stereocenters. The number of rotatable bonds is 4. The topological polar surface area (TPSA) is 88.1 Å². The Labute approximate surface area is 187 Å². The second-order valence-electron chi connectivity index (χ2n) is 7.52. The first kappa shape index (κ1) is 20.3. The molecular weight excluding hydrogens is 428 g/mol. The van der Waals surface area contributed by atoms with E-state index in [1.807, 2.05) is 30.3 Å². The second kappa shape index (κ2) is 7.83. The Hall–Kier alpha value is -3.59. The first-order chi connectivity index (χ1) is 15.5. The Morgan fingerprint density at radius 3 is 2.44 bits per heavy atom. The fraction of sp³-hybridized carbons (Fsp3) is 0.217. The maximum absolute atomic E-state index is 13.6. The standard InChI is InChI=1S/C23H20N4O4S/c1-14-19(21(29)27(25(14)2)15-8-4-3-5-9-15)26-20(28)16-10-6-7-11-17(16)24-23(26)32-18-12-13-31-22(18)30/h3-11,18H,12-13H2,1-2H3/t18-/m0/s1. The second-order valence-corrected chi connectivity index (χ2v) is 8.69. The summed E-state index contributed by atoms with van der Waals surface area (Å²) in [7, 11) is 1.77. The molecule has 162 valence electrons. The van der Waals surface area contributed by atoms with E-state index in [0.717, 1.165) is 11.8 Å². The van der Waals surface area contributed by atoms with E-state index in [4.69, 9.17) is 4.74 Å². The Morgan fingerprint density at radius 2 is 1.72 bits per heavy atom. The predicted octanol–water partition coefficient (Wildman–Crippen LogP) is 2.59. The van der Waals surface area contributed by atoms with Gasteiger partial charge in [0.05, 0.1) is 28.9 Å². The van der Waals surface area contributed by atoms with Crippen LogP contribution in [0.2, 0.25) is 0 Å². The van der Waals surface area contributed by atoms with Crippen molar-refractivity contribution < 1.29 is 9.53 Å². The number of cyclic esters (lactones) is 1. The van der Waals surface area contributed by atoms with Gasteiger partial charge in [0.25, 0.3) is 11.1 Å². The monoisotopic (exact) mass is 448 g/mol. The van der Waals surface area contributed by atoms with Crippen LogP contribution in [-0.4, -0.2) is 36.7 Å². The lowest BCUT2D eigenvalue weighted by Gasteiger charge is -2.13. The third kappa shape index (κ3) is 3.16. The molecule has 4 aromatic rings. The van der Waals surface area contributed by atoms with Gasteiger partial charge in [-0.2, -0.15) is 0 Å². The van der Waals surface area contributed by atoms with Gasteiger partial charge in [0.1, 0.15) is 10.9 Å². The summed E-state index contributed by atoms with van der Waals surface area (Å²) in [5.41, 5.74) is 1.33. The molecular formula is C23H20N4O4S. The van der Waals surface area contributed by atoms with E-state index < -0.39 is 5.25 Å². The van der Waals surface area contributed by atoms with E-state index in [2.05, 4.69) is 4.98 Å². The van der Waals surface area contributed by atoms with Crippen LogP contribution in [0.4, 0.5) is 0 Å². The van der Waals surface area contributed by atoms with Gasteiger partial charge in [-0.1, -0.05) is 42.1 Å². The zero-order chi connectivity index (χ0) is 22.4. The maximum Gasteiger partial charge on any atom is 0.319 e. The first-order valence-electron chi connectivity index (χ1n) is 10.2. The van der Waals surface area contributed by atoms with Crippen molar-refractivity contribution in [1.82, 2.24) is 18.9 Å². The van der Waals surface area contributed by atoms with Gasteiger partial charge in [-0.05, 0) is 31.2 Å². The first-order valence-corrected chi connectivity index (χ1v) is 11.0. The molecule has 1 saturated heterocycles. The molecule has 0 amide bonds. The third-order valence-corrected chi connectivity index (χ3v) is 6.82. The zero-order valence-corrected chi connectivity index (χ0v) is 18.3. The molecule has 1 aliphatic rings. The number of fused-ring (bicyclic) bond motifs is 1. The quantitative estimate of drug-likeness (QED) is 0.352. The van der Waals surface area contributed by atoms with Crippen LogP contribution in [0.3, 0.4) is 0 Å². The molecule has 1 fully saturated rings. The molecule has 0 unspecified atom stereocenters. The highest BCUT2D eigenvalue weighted by Gasteiger charge is 2.31. The van der Waals surface area contributed by atoms with E-state index in [1.54, 1.807) is 42.9 Å². The van der Waals surface area contributed by atoms with E-state index >= 15 is 0 Å². The SMILES string of the molecule is Cc1c(-n2c(S[C@H]3CCOC3=O)nc3ccccc3c2=O)c(=O)n(-c2ccccc2)n1C. The number of para-hydroxylation sites is 2. The number of carbonyl (C=O) groups excluding carboxylic acids is 1. The summed E-state index contributed by atoms with van der Waals surface area (Å²) in [6.45, 7) is 2.12. The summed E-state index contributed by atoms with van der Waals surface area (Å²) >= 11 is 1.16. The van der Waals surface area contributed by atoms with Gasteiger partial charge in [0, 0.05) is 13.5 Å². The van der Waals surface area contributed by atoms with Gasteiger partial charge in [-0.15, -0.1) is 0 Å². The number of thioether (sulfide) groups is 1. The number of hydrogen-bond donors (Lipinski definition) is 0. The van der Waals surface area contributed by atoms with Crippen LogP contribution >= 0.6 is 11.8 Å². The van der Waals surface area contributed by atoms with Crippen molar-refractivity contribution in [1.29, 1.82) is 0 Å². The summed E-state index contributed by atoms with van der Waals surface area (Å²) in [4.78, 5) is 44.0. The Balaban J connectivity index is 1.80. The van der Waals surface area contributed by atoms with E-state index in [-0.39, 0.29) is 22.8 Å². The maximum atomic E-state index is 13.6. The molecule has 0 spiro atoms. The minimum Gasteiger partial charge on any atom is -0.465 e. The van der Waals surface area contributed by atoms with Gasteiger partial charge in [0.15, 0.2) is 5.16 Å². The van der Waals surface area contributed by atoms with E-state index in [9.17, 15) is 14.4 Å². The Kier molecular flexibility index (Phi) is 4.97. The number of hydrogen-bond acceptors (Lipinski definition) is 6. The molecule has 2 aromatic carbocycles. The lowest BCUT2D eigenvalue weighted by molar-refractivity contribution is -0.137. The summed E-state index contributed by atoms with van der Waals surface area (Å²) in [6, 6.07) is 16.2. The number of carbonyl (C=O) groups is 1. The molecule has 32 heavy (non-hydrogen) atoms. The zero-order valence-electron chi connectivity index (χ0n) is 17.5. The normalized spacial score (nSPS) is 15.9. The van der Waals surface area contributed by atoms with Crippen molar-refractivity contribution in [3.05, 3.63) is 81.0 Å². The van der Waals surface area contributed by atoms with Crippen molar-refractivity contribution in [2.24, 2.45) is 7.05 Å². The van der Waals surface area contributed by atoms with Crippen molar-refractivity contribution in [2.75, 3.05) is 6.61 Å². The van der Waals surface area contributed by atoms with Gasteiger partial charge in [-0.25, -0.2) is 14.2 Å². The van der Waals surface area contributed by atoms with E-state index in [0.29, 0.717) is 40.5 Å². The summed E-state index contributed by atoms with van der Waals surface area (Å²) < 4.78 is 9.66. The van der Waals surface area contributed by atoms with Crippen LogP contribution in [0.5, 0.6) is 0 Å². The van der Waals surface area contributed by atoms with Gasteiger partial charge >= 0.3 is 5.97 Å². The van der Waals surface area contributed by atoms with Crippen molar-refractivity contribution >= 4 is 28.6 Å². The molecule has 0 bridgehead atoms. The number of esters is 1. The molecule has 0 radical (unpaired) electrons. The number of nitrogens with zero attached hydrogens (tertiary/aromatic N) is 4. The molecule has 0 N–H and O–H groups in total. The van der Waals surface area contributed by atoms with Gasteiger partial charge in [0.2, 0.25) is 0 Å². The predicted molar refractivity (Wildman–Crippen MR) is 122 cm³/mol. The highest BCUT2D eigenvalue weighted by Crippen LogP contribution is 2.30. The van der Waals surface area contributed by atoms with Crippen LogP contribution in [0.1, 0.15) is 12.1 Å². The number of ether oxygens (including phenoxy) is 1. The number of benzene rings is 2. The average Bonchev–Trinajstić information content (AvgIpc) is 3.29. The van der Waals surface area contributed by atoms with Crippen molar-refractivity contribution in [2.45, 2.75) is 23.8 Å². The highest BCUT2D eigenvalue weighted by molar-refractivity contribution is 8.00. The van der Waals surface area contributed by atoms with Gasteiger partial charge < -0.3 is 4.74 Å². The van der Waals surface area contributed by atoms with Crippen LogP contribution in [0.15, 0.2) is 69.3 Å². The van der Waals surface area contributed by atoms with Gasteiger partial charge in [-0.3, -0.25) is 19.1 Å². The third-order valence-electron chi connectivity index (χ3n) is 5.63. The molecule has 8 nitrogen and oxygen atoms in total. The average molecular weight is 449 g/mol. The Morgan fingerprint density at radius 1 is 1.00 bits per heavy atom. The highest BCUT2D eigenvalue weighted by atomic mass is 32.2. The molecule has 1 aliphatic heterocycles. The van der Waals surface area contributed by atoms with Crippen LogP contribution in [0.25, 0.3) is 22.3 Å².